The third-order valence-electron chi connectivity index (χ3n) is 1.33. The van der Waals surface area contributed by atoms with Gasteiger partial charge in [0.25, 0.3) is 0 Å². The Hall–Kier alpha value is -1.15. The molecule has 0 unspecified atom stereocenters. The average Bonchev–Trinajstić information content (AvgIpc) is 2.45. The van der Waals surface area contributed by atoms with Crippen LogP contribution < -0.4 is 5.73 Å². The zero-order valence-corrected chi connectivity index (χ0v) is 8.68. The predicted molar refractivity (Wildman–Crippen MR) is 53.5 cm³/mol. The maximum absolute atomic E-state index is 11.2. The summed E-state index contributed by atoms with van der Waals surface area (Å²) < 4.78 is 4.45. The summed E-state index contributed by atoms with van der Waals surface area (Å²) in [5, 5.41) is 10.4. The van der Waals surface area contributed by atoms with Crippen LogP contribution in [-0.2, 0) is 9.53 Å². The van der Waals surface area contributed by atoms with E-state index in [1.807, 2.05) is 0 Å². The average molecular weight is 234 g/mol. The molecule has 2 N–H and O–H groups in total. The highest BCUT2D eigenvalue weighted by Gasteiger charge is 2.29. The Morgan fingerprint density at radius 3 is 2.79 bits per heavy atom. The van der Waals surface area contributed by atoms with Crippen LogP contribution >= 0.6 is 21.6 Å². The quantitative estimate of drug-likeness (QED) is 0.327. The molecule has 0 fully saturated rings. The topological polar surface area (TPSA) is 95.5 Å². The van der Waals surface area contributed by atoms with Crippen LogP contribution in [0.1, 0.15) is 0 Å². The van der Waals surface area contributed by atoms with Gasteiger partial charge in [0.2, 0.25) is 6.20 Å². The number of methoxy groups -OCH3 is 1. The lowest BCUT2D eigenvalue weighted by atomic mass is 10.3. The summed E-state index contributed by atoms with van der Waals surface area (Å²) in [5.74, 6) is -0.659. The number of hydrogen-bond acceptors (Lipinski definition) is 7. The first-order valence-electron chi connectivity index (χ1n) is 3.34. The van der Waals surface area contributed by atoms with Crippen molar-refractivity contribution in [2.45, 2.75) is 0 Å². The molecule has 0 saturated heterocycles. The summed E-state index contributed by atoms with van der Waals surface area (Å²) >= 11 is 0. The third kappa shape index (κ3) is 2.20. The van der Waals surface area contributed by atoms with Crippen LogP contribution in [0.3, 0.4) is 0 Å². The minimum atomic E-state index is -0.659. The van der Waals surface area contributed by atoms with Gasteiger partial charge in [-0.1, -0.05) is 0 Å². The van der Waals surface area contributed by atoms with E-state index in [1.54, 1.807) is 0 Å². The molecule has 0 radical (unpaired) electrons. The van der Waals surface area contributed by atoms with E-state index in [0.717, 1.165) is 27.8 Å². The largest absolute Gasteiger partial charge is 0.465 e. The lowest BCUT2D eigenvalue weighted by Crippen LogP contribution is -2.09. The van der Waals surface area contributed by atoms with Crippen molar-refractivity contribution in [2.24, 2.45) is 5.73 Å². The Labute approximate surface area is 87.1 Å². The van der Waals surface area contributed by atoms with Crippen molar-refractivity contribution in [3.8, 4) is 0 Å². The Bertz CT molecular complexity index is 350. The van der Waals surface area contributed by atoms with E-state index in [9.17, 15) is 14.9 Å². The standard InChI is InChI=1S/C6H6N2O4S2/c1-12-6(9)4-3(2-8(10)11)13-14-5(4)7/h2H,7H2,1H3. The van der Waals surface area contributed by atoms with Gasteiger partial charge in [0.1, 0.15) is 10.5 Å². The fraction of sp³-hybridized carbons (Fsp3) is 0.167. The van der Waals surface area contributed by atoms with Crippen molar-refractivity contribution >= 4 is 27.6 Å². The van der Waals surface area contributed by atoms with Crippen molar-refractivity contribution in [1.29, 1.82) is 0 Å². The van der Waals surface area contributed by atoms with Crippen LogP contribution in [0.25, 0.3) is 0 Å². The van der Waals surface area contributed by atoms with E-state index in [-0.39, 0.29) is 15.5 Å². The molecule has 0 bridgehead atoms. The second kappa shape index (κ2) is 4.38. The summed E-state index contributed by atoms with van der Waals surface area (Å²) in [6, 6.07) is 0. The van der Waals surface area contributed by atoms with Gasteiger partial charge in [-0.3, -0.25) is 10.1 Å². The summed E-state index contributed by atoms with van der Waals surface area (Å²) in [6.07, 6.45) is 0.740. The molecule has 0 aromatic rings. The maximum Gasteiger partial charge on any atom is 0.341 e. The van der Waals surface area contributed by atoms with Crippen molar-refractivity contribution < 1.29 is 14.5 Å². The van der Waals surface area contributed by atoms with Crippen molar-refractivity contribution in [3.05, 3.63) is 31.8 Å². The van der Waals surface area contributed by atoms with Gasteiger partial charge in [0, 0.05) is 0 Å². The second-order valence-electron chi connectivity index (χ2n) is 2.18. The minimum absolute atomic E-state index is 0.0687. The summed E-state index contributed by atoms with van der Waals surface area (Å²) in [5.41, 5.74) is 5.55. The highest BCUT2D eigenvalue weighted by molar-refractivity contribution is 8.80. The molecule has 1 aliphatic heterocycles. The third-order valence-corrected chi connectivity index (χ3v) is 3.61. The molecule has 0 spiro atoms. The first-order valence-corrected chi connectivity index (χ1v) is 5.49. The molecule has 8 heteroatoms. The zero-order valence-electron chi connectivity index (χ0n) is 7.05. The van der Waals surface area contributed by atoms with Gasteiger partial charge in [0.05, 0.1) is 17.1 Å². The zero-order chi connectivity index (χ0) is 10.7. The number of rotatable bonds is 2. The predicted octanol–water partition coefficient (Wildman–Crippen LogP) is 0.843. The van der Waals surface area contributed by atoms with Crippen LogP contribution in [0.5, 0.6) is 0 Å². The first-order chi connectivity index (χ1) is 6.56. The molecule has 76 valence electrons. The molecule has 0 amide bonds. The molecule has 0 aromatic carbocycles. The maximum atomic E-state index is 11.2. The molecule has 0 atom stereocenters. The monoisotopic (exact) mass is 234 g/mol. The number of ether oxygens (including phenoxy) is 1. The fourth-order valence-corrected chi connectivity index (χ4v) is 2.87. The highest BCUT2D eigenvalue weighted by atomic mass is 33.1. The molecule has 6 nitrogen and oxygen atoms in total. The van der Waals surface area contributed by atoms with Gasteiger partial charge in [-0.05, 0) is 21.6 Å². The van der Waals surface area contributed by atoms with Gasteiger partial charge in [0.15, 0.2) is 0 Å². The molecular weight excluding hydrogens is 228 g/mol. The van der Waals surface area contributed by atoms with Crippen LogP contribution in [0.4, 0.5) is 0 Å². The lowest BCUT2D eigenvalue weighted by Gasteiger charge is -1.99. The minimum Gasteiger partial charge on any atom is -0.465 e. The van der Waals surface area contributed by atoms with Gasteiger partial charge in [-0.25, -0.2) is 4.79 Å². The van der Waals surface area contributed by atoms with E-state index in [1.165, 1.54) is 7.11 Å². The molecule has 1 heterocycles. The summed E-state index contributed by atoms with van der Waals surface area (Å²) in [4.78, 5) is 21.0. The first kappa shape index (κ1) is 10.9. The number of nitro groups is 1. The Morgan fingerprint density at radius 1 is 1.64 bits per heavy atom. The van der Waals surface area contributed by atoms with E-state index < -0.39 is 10.9 Å². The molecular formula is C6H6N2O4S2. The van der Waals surface area contributed by atoms with Crippen LogP contribution in [0.15, 0.2) is 21.7 Å². The highest BCUT2D eigenvalue weighted by Crippen LogP contribution is 2.47. The number of nitrogens with zero attached hydrogens (tertiary/aromatic N) is 1. The van der Waals surface area contributed by atoms with E-state index in [0.29, 0.717) is 0 Å². The normalized spacial score (nSPS) is 18.8. The van der Waals surface area contributed by atoms with Gasteiger partial charge in [-0.15, -0.1) is 0 Å². The van der Waals surface area contributed by atoms with Gasteiger partial charge < -0.3 is 10.5 Å². The molecule has 0 saturated carbocycles. The van der Waals surface area contributed by atoms with Crippen molar-refractivity contribution in [2.75, 3.05) is 7.11 Å². The molecule has 0 aromatic heterocycles. The van der Waals surface area contributed by atoms with Crippen molar-refractivity contribution in [3.63, 3.8) is 0 Å². The van der Waals surface area contributed by atoms with Crippen LogP contribution in [0, 0.1) is 10.1 Å². The smallest absolute Gasteiger partial charge is 0.341 e. The van der Waals surface area contributed by atoms with Crippen molar-refractivity contribution in [1.82, 2.24) is 0 Å². The summed E-state index contributed by atoms with van der Waals surface area (Å²) in [7, 11) is 3.36. The van der Waals surface area contributed by atoms with Crippen LogP contribution in [0.2, 0.25) is 0 Å². The fourth-order valence-electron chi connectivity index (χ4n) is 0.780. The molecule has 0 aliphatic carbocycles. The summed E-state index contributed by atoms with van der Waals surface area (Å²) in [6.45, 7) is 0. The SMILES string of the molecule is COC(=O)C1=C(N)SSC1=C[N+](=O)[O-]. The second-order valence-corrected chi connectivity index (χ2v) is 4.39. The van der Waals surface area contributed by atoms with Gasteiger partial charge >= 0.3 is 5.97 Å². The molecule has 14 heavy (non-hydrogen) atoms. The number of carbonyl (C=O) groups is 1. The molecule has 1 rings (SSSR count). The van der Waals surface area contributed by atoms with E-state index in [4.69, 9.17) is 5.73 Å². The number of esters is 1. The number of carbonyl (C=O) groups excluding carboxylic acids is 1. The van der Waals surface area contributed by atoms with E-state index in [2.05, 4.69) is 4.74 Å². The number of hydrogen-bond donors (Lipinski definition) is 1. The lowest BCUT2D eigenvalue weighted by molar-refractivity contribution is -0.402. The van der Waals surface area contributed by atoms with Gasteiger partial charge in [-0.2, -0.15) is 0 Å². The molecule has 1 aliphatic rings. The number of nitrogens with two attached hydrogens (primary N) is 1. The van der Waals surface area contributed by atoms with Crippen LogP contribution in [-0.4, -0.2) is 18.0 Å². The Morgan fingerprint density at radius 2 is 2.29 bits per heavy atom. The van der Waals surface area contributed by atoms with E-state index >= 15 is 0 Å². The Kier molecular flexibility index (Phi) is 3.42. The Balaban J connectivity index is 3.03.